The predicted octanol–water partition coefficient (Wildman–Crippen LogP) is 2.86. The van der Waals surface area contributed by atoms with Gasteiger partial charge in [0.2, 0.25) is 5.91 Å². The minimum atomic E-state index is -0.855. The minimum absolute atomic E-state index is 0.0520. The summed E-state index contributed by atoms with van der Waals surface area (Å²) in [5, 5.41) is 5.30. The third kappa shape index (κ3) is 6.87. The van der Waals surface area contributed by atoms with Crippen LogP contribution in [0.5, 0.6) is 0 Å². The Morgan fingerprint density at radius 1 is 0.929 bits per heavy atom. The Kier molecular flexibility index (Phi) is 8.21. The van der Waals surface area contributed by atoms with Crippen LogP contribution in [0.2, 0.25) is 0 Å². The number of hydrogen-bond acceptors (Lipinski definition) is 4. The second-order valence-electron chi connectivity index (χ2n) is 6.86. The Morgan fingerprint density at radius 2 is 1.50 bits per heavy atom. The number of ether oxygens (including phenoxy) is 1. The van der Waals surface area contributed by atoms with Crippen LogP contribution in [0.25, 0.3) is 0 Å². The fraction of sp³-hybridized carbons (Fsp3) is 0.318. The van der Waals surface area contributed by atoms with Crippen molar-refractivity contribution in [3.63, 3.8) is 0 Å². The maximum Gasteiger partial charge on any atom is 0.408 e. The number of carbonyl (C=O) groups is 3. The van der Waals surface area contributed by atoms with Gasteiger partial charge >= 0.3 is 6.09 Å². The second-order valence-corrected chi connectivity index (χ2v) is 6.86. The monoisotopic (exact) mass is 382 g/mol. The lowest BCUT2D eigenvalue weighted by Gasteiger charge is -2.22. The summed E-state index contributed by atoms with van der Waals surface area (Å²) in [7, 11) is 0. The topological polar surface area (TPSA) is 84.5 Å². The van der Waals surface area contributed by atoms with Gasteiger partial charge in [-0.15, -0.1) is 0 Å². The maximum absolute atomic E-state index is 12.7. The Labute approximate surface area is 165 Å². The highest BCUT2D eigenvalue weighted by Gasteiger charge is 2.25. The molecule has 2 aromatic carbocycles. The van der Waals surface area contributed by atoms with Gasteiger partial charge in [0.25, 0.3) is 0 Å². The Hall–Kier alpha value is -3.15. The van der Waals surface area contributed by atoms with Crippen LogP contribution in [0.1, 0.15) is 25.0 Å². The van der Waals surface area contributed by atoms with Gasteiger partial charge in [0.05, 0.1) is 6.04 Å². The Balaban J connectivity index is 2.03. The van der Waals surface area contributed by atoms with Crippen molar-refractivity contribution in [3.05, 3.63) is 71.8 Å². The molecular weight excluding hydrogens is 356 g/mol. The molecular formula is C22H26N2O4. The standard InChI is InChI=1S/C22H26N2O4/c1-16(2)20(14-25)23-21(26)19(13-17-9-5-3-6-10-17)24-22(27)28-15-18-11-7-4-8-12-18/h3-12,14,16,19-20H,13,15H2,1-2H3,(H,23,26)(H,24,27). The van der Waals surface area contributed by atoms with Crippen LogP contribution in [0.4, 0.5) is 4.79 Å². The van der Waals surface area contributed by atoms with Gasteiger partial charge in [-0.05, 0) is 17.0 Å². The van der Waals surface area contributed by atoms with Crippen LogP contribution in [-0.2, 0) is 27.4 Å². The SMILES string of the molecule is CC(C)C(C=O)NC(=O)C(Cc1ccccc1)NC(=O)OCc1ccccc1. The third-order valence-electron chi connectivity index (χ3n) is 4.28. The van der Waals surface area contributed by atoms with E-state index in [2.05, 4.69) is 10.6 Å². The molecule has 6 heteroatoms. The molecule has 148 valence electrons. The maximum atomic E-state index is 12.7. The van der Waals surface area contributed by atoms with E-state index in [1.807, 2.05) is 74.5 Å². The summed E-state index contributed by atoms with van der Waals surface area (Å²) in [4.78, 5) is 36.1. The van der Waals surface area contributed by atoms with Crippen molar-refractivity contribution in [1.82, 2.24) is 10.6 Å². The largest absolute Gasteiger partial charge is 0.445 e. The number of rotatable bonds is 9. The van der Waals surface area contributed by atoms with E-state index < -0.39 is 24.1 Å². The number of aldehydes is 1. The number of amides is 2. The summed E-state index contributed by atoms with van der Waals surface area (Å²) in [6.07, 6.45) is 0.305. The smallest absolute Gasteiger partial charge is 0.408 e. The predicted molar refractivity (Wildman–Crippen MR) is 107 cm³/mol. The molecule has 28 heavy (non-hydrogen) atoms. The van der Waals surface area contributed by atoms with Gasteiger partial charge in [0.1, 0.15) is 18.9 Å². The summed E-state index contributed by atoms with van der Waals surface area (Å²) >= 11 is 0. The third-order valence-corrected chi connectivity index (χ3v) is 4.28. The zero-order valence-corrected chi connectivity index (χ0v) is 16.1. The van der Waals surface area contributed by atoms with E-state index in [-0.39, 0.29) is 18.9 Å². The molecule has 0 aliphatic heterocycles. The fourth-order valence-corrected chi connectivity index (χ4v) is 2.59. The molecule has 0 saturated carbocycles. The first-order valence-corrected chi connectivity index (χ1v) is 9.26. The molecule has 0 radical (unpaired) electrons. The van der Waals surface area contributed by atoms with Crippen LogP contribution in [0, 0.1) is 5.92 Å². The first-order chi connectivity index (χ1) is 13.5. The Bertz CT molecular complexity index is 763. The van der Waals surface area contributed by atoms with Gasteiger partial charge in [-0.25, -0.2) is 4.79 Å². The van der Waals surface area contributed by atoms with Gasteiger partial charge in [0, 0.05) is 6.42 Å². The van der Waals surface area contributed by atoms with Gasteiger partial charge < -0.3 is 20.2 Å². The summed E-state index contributed by atoms with van der Waals surface area (Å²) in [6, 6.07) is 17.1. The normalized spacial score (nSPS) is 12.7. The minimum Gasteiger partial charge on any atom is -0.445 e. The first-order valence-electron chi connectivity index (χ1n) is 9.26. The number of alkyl carbamates (subject to hydrolysis) is 1. The average molecular weight is 382 g/mol. The molecule has 0 aliphatic carbocycles. The van der Waals surface area contributed by atoms with Crippen LogP contribution in [0.3, 0.4) is 0 Å². The number of benzene rings is 2. The lowest BCUT2D eigenvalue weighted by Crippen LogP contribution is -2.52. The lowest BCUT2D eigenvalue weighted by atomic mass is 10.0. The molecule has 2 aromatic rings. The molecule has 0 spiro atoms. The molecule has 2 N–H and O–H groups in total. The van der Waals surface area contributed by atoms with E-state index >= 15 is 0 Å². The van der Waals surface area contributed by atoms with Crippen LogP contribution < -0.4 is 10.6 Å². The average Bonchev–Trinajstić information content (AvgIpc) is 2.71. The molecule has 0 saturated heterocycles. The van der Waals surface area contributed by atoms with Crippen molar-refractivity contribution < 1.29 is 19.1 Å². The van der Waals surface area contributed by atoms with Crippen LogP contribution >= 0.6 is 0 Å². The number of nitrogens with one attached hydrogen (secondary N) is 2. The zero-order chi connectivity index (χ0) is 20.4. The van der Waals surface area contributed by atoms with Crippen molar-refractivity contribution in [3.8, 4) is 0 Å². The quantitative estimate of drug-likeness (QED) is 0.653. The number of hydrogen-bond donors (Lipinski definition) is 2. The van der Waals surface area contributed by atoms with E-state index in [0.29, 0.717) is 6.29 Å². The van der Waals surface area contributed by atoms with Crippen molar-refractivity contribution in [2.75, 3.05) is 0 Å². The van der Waals surface area contributed by atoms with Crippen LogP contribution in [-0.4, -0.2) is 30.4 Å². The highest BCUT2D eigenvalue weighted by molar-refractivity contribution is 5.87. The molecule has 2 unspecified atom stereocenters. The summed E-state index contributed by atoms with van der Waals surface area (Å²) < 4.78 is 5.23. The van der Waals surface area contributed by atoms with E-state index in [1.54, 1.807) is 0 Å². The molecule has 0 aromatic heterocycles. The van der Waals surface area contributed by atoms with Crippen molar-refractivity contribution in [1.29, 1.82) is 0 Å². The molecule has 2 atom stereocenters. The van der Waals surface area contributed by atoms with Crippen LogP contribution in [0.15, 0.2) is 60.7 Å². The molecule has 0 bridgehead atoms. The van der Waals surface area contributed by atoms with E-state index in [9.17, 15) is 14.4 Å². The summed E-state index contributed by atoms with van der Waals surface area (Å²) in [5.74, 6) is -0.477. The first kappa shape index (κ1) is 21.2. The number of carbonyl (C=O) groups excluding carboxylic acids is 3. The molecule has 6 nitrogen and oxygen atoms in total. The Morgan fingerprint density at radius 3 is 2.04 bits per heavy atom. The molecule has 0 heterocycles. The lowest BCUT2D eigenvalue weighted by molar-refractivity contribution is -0.126. The molecule has 0 aliphatic rings. The summed E-state index contributed by atoms with van der Waals surface area (Å²) in [5.41, 5.74) is 1.74. The van der Waals surface area contributed by atoms with Crippen molar-refractivity contribution in [2.45, 2.75) is 39.0 Å². The van der Waals surface area contributed by atoms with Crippen molar-refractivity contribution in [2.24, 2.45) is 5.92 Å². The van der Waals surface area contributed by atoms with E-state index in [4.69, 9.17) is 4.74 Å². The van der Waals surface area contributed by atoms with Gasteiger partial charge in [-0.3, -0.25) is 4.79 Å². The molecule has 2 amide bonds. The zero-order valence-electron chi connectivity index (χ0n) is 16.1. The second kappa shape index (κ2) is 10.9. The van der Waals surface area contributed by atoms with E-state index in [1.165, 1.54) is 0 Å². The van der Waals surface area contributed by atoms with E-state index in [0.717, 1.165) is 11.1 Å². The molecule has 0 fully saturated rings. The van der Waals surface area contributed by atoms with Gasteiger partial charge in [-0.1, -0.05) is 74.5 Å². The summed E-state index contributed by atoms with van der Waals surface area (Å²) in [6.45, 7) is 3.79. The van der Waals surface area contributed by atoms with Gasteiger partial charge in [0.15, 0.2) is 0 Å². The fourth-order valence-electron chi connectivity index (χ4n) is 2.59. The molecule has 2 rings (SSSR count). The highest BCUT2D eigenvalue weighted by Crippen LogP contribution is 2.07. The highest BCUT2D eigenvalue weighted by atomic mass is 16.5. The van der Waals surface area contributed by atoms with Crippen molar-refractivity contribution >= 4 is 18.3 Å². The van der Waals surface area contributed by atoms with Gasteiger partial charge in [-0.2, -0.15) is 0 Å².